The predicted octanol–water partition coefficient (Wildman–Crippen LogP) is 0.723. The van der Waals surface area contributed by atoms with Crippen molar-refractivity contribution in [1.29, 1.82) is 0 Å². The number of oxime groups is 1. The van der Waals surface area contributed by atoms with E-state index < -0.39 is 11.7 Å². The number of hydrogen-bond donors (Lipinski definition) is 1. The number of aliphatic carboxylic acids is 1. The summed E-state index contributed by atoms with van der Waals surface area (Å²) in [6.45, 7) is 0. The Morgan fingerprint density at radius 1 is 1.45 bits per heavy atom. The smallest absolute Gasteiger partial charge is 0.441 e. The van der Waals surface area contributed by atoms with Crippen LogP contribution in [0.1, 0.15) is 44.0 Å². The second-order valence-corrected chi connectivity index (χ2v) is 5.14. The summed E-state index contributed by atoms with van der Waals surface area (Å²) in [5.41, 5.74) is 0.0292. The zero-order valence-corrected chi connectivity index (χ0v) is 10.8. The summed E-state index contributed by atoms with van der Waals surface area (Å²) in [4.78, 5) is 27.7. The first-order chi connectivity index (χ1) is 9.65. The maximum absolute atomic E-state index is 11.7. The summed E-state index contributed by atoms with van der Waals surface area (Å²) >= 11 is 0. The molecule has 2 atom stereocenters. The molecule has 0 bridgehead atoms. The molecule has 20 heavy (non-hydrogen) atoms. The van der Waals surface area contributed by atoms with Gasteiger partial charge in [0.25, 0.3) is 0 Å². The highest BCUT2D eigenvalue weighted by Crippen LogP contribution is 2.28. The summed E-state index contributed by atoms with van der Waals surface area (Å²) in [5.74, 6) is -0.852. The van der Waals surface area contributed by atoms with Crippen molar-refractivity contribution in [1.82, 2.24) is 9.72 Å². The Balaban J connectivity index is 1.74. The van der Waals surface area contributed by atoms with Crippen LogP contribution in [-0.4, -0.2) is 32.6 Å². The second kappa shape index (κ2) is 5.10. The van der Waals surface area contributed by atoms with Crippen LogP contribution in [0.25, 0.3) is 0 Å². The van der Waals surface area contributed by atoms with Gasteiger partial charge in [-0.3, -0.25) is 9.09 Å². The Morgan fingerprint density at radius 3 is 3.05 bits per heavy atom. The average Bonchev–Trinajstić information content (AvgIpc) is 2.95. The Bertz CT molecular complexity index is 602. The van der Waals surface area contributed by atoms with E-state index in [9.17, 15) is 9.59 Å². The van der Waals surface area contributed by atoms with Crippen LogP contribution in [-0.2, 0) is 16.1 Å². The first-order valence-electron chi connectivity index (χ1n) is 6.68. The Hall–Kier alpha value is -2.12. The van der Waals surface area contributed by atoms with Gasteiger partial charge < -0.3 is 9.94 Å². The molecule has 0 saturated carbocycles. The summed E-state index contributed by atoms with van der Waals surface area (Å²) < 4.78 is 6.30. The Morgan fingerprint density at radius 2 is 2.30 bits per heavy atom. The maximum Gasteiger partial charge on any atom is 0.441 e. The summed E-state index contributed by atoms with van der Waals surface area (Å²) in [6, 6.07) is -0.0698. The molecule has 0 amide bonds. The number of hydrogen-bond acceptors (Lipinski definition) is 6. The first kappa shape index (κ1) is 12.9. The molecule has 0 radical (unpaired) electrons. The van der Waals surface area contributed by atoms with E-state index in [1.54, 1.807) is 4.57 Å². The molecule has 1 N–H and O–H groups in total. The molecule has 3 rings (SSSR count). The van der Waals surface area contributed by atoms with Crippen LogP contribution >= 0.6 is 0 Å². The SMILES string of the molecule is O=C(O)C1=NOC(CC2CCCCc3noc(=O)n32)C1. The van der Waals surface area contributed by atoms with Crippen LogP contribution in [0, 0.1) is 0 Å². The van der Waals surface area contributed by atoms with E-state index in [1.165, 1.54) is 0 Å². The minimum atomic E-state index is -1.06. The van der Waals surface area contributed by atoms with E-state index in [0.717, 1.165) is 25.7 Å². The fourth-order valence-electron chi connectivity index (χ4n) is 2.81. The average molecular weight is 281 g/mol. The van der Waals surface area contributed by atoms with E-state index in [2.05, 4.69) is 10.3 Å². The van der Waals surface area contributed by atoms with Crippen LogP contribution in [0.3, 0.4) is 0 Å². The molecule has 0 aliphatic carbocycles. The highest BCUT2D eigenvalue weighted by atomic mass is 16.6. The molecule has 1 aromatic heterocycles. The third-order valence-electron chi connectivity index (χ3n) is 3.77. The number of carboxylic acid groups (broad SMARTS) is 1. The zero-order valence-electron chi connectivity index (χ0n) is 10.8. The number of fused-ring (bicyclic) bond motifs is 1. The minimum Gasteiger partial charge on any atom is -0.477 e. The van der Waals surface area contributed by atoms with E-state index in [0.29, 0.717) is 12.2 Å². The molecule has 1 aromatic rings. The van der Waals surface area contributed by atoms with Gasteiger partial charge in [-0.15, -0.1) is 0 Å². The van der Waals surface area contributed by atoms with Crippen molar-refractivity contribution >= 4 is 11.7 Å². The Kier molecular flexibility index (Phi) is 3.29. The van der Waals surface area contributed by atoms with Crippen molar-refractivity contribution < 1.29 is 19.3 Å². The molecular weight excluding hydrogens is 266 g/mol. The van der Waals surface area contributed by atoms with Gasteiger partial charge in [0.1, 0.15) is 6.10 Å². The van der Waals surface area contributed by atoms with Gasteiger partial charge in [-0.05, 0) is 12.8 Å². The molecule has 2 aliphatic rings. The number of aromatic nitrogens is 2. The number of aryl methyl sites for hydroxylation is 1. The molecule has 0 aromatic carbocycles. The van der Waals surface area contributed by atoms with Crippen LogP contribution in [0.5, 0.6) is 0 Å². The standard InChI is InChI=1S/C12H15N3O5/c16-11(17)9-6-8(19-13-9)5-7-3-1-2-4-10-14-20-12(18)15(7)10/h7-8H,1-6H2,(H,16,17). The van der Waals surface area contributed by atoms with Gasteiger partial charge in [-0.2, -0.15) is 0 Å². The third kappa shape index (κ3) is 2.33. The van der Waals surface area contributed by atoms with Gasteiger partial charge in [0.2, 0.25) is 0 Å². The summed E-state index contributed by atoms with van der Waals surface area (Å²) in [7, 11) is 0. The van der Waals surface area contributed by atoms with Gasteiger partial charge in [0.05, 0.1) is 0 Å². The number of carboxylic acids is 1. The van der Waals surface area contributed by atoms with Crippen LogP contribution in [0.4, 0.5) is 0 Å². The van der Waals surface area contributed by atoms with Crippen LogP contribution < -0.4 is 5.76 Å². The summed E-state index contributed by atoms with van der Waals surface area (Å²) in [6.07, 6.45) is 4.01. The quantitative estimate of drug-likeness (QED) is 0.874. The second-order valence-electron chi connectivity index (χ2n) is 5.14. The van der Waals surface area contributed by atoms with E-state index >= 15 is 0 Å². The van der Waals surface area contributed by atoms with E-state index in [1.807, 2.05) is 0 Å². The largest absolute Gasteiger partial charge is 0.477 e. The Labute approximate surface area is 114 Å². The molecule has 3 heterocycles. The highest BCUT2D eigenvalue weighted by molar-refractivity contribution is 6.35. The lowest BCUT2D eigenvalue weighted by Gasteiger charge is -2.18. The fourth-order valence-corrected chi connectivity index (χ4v) is 2.81. The van der Waals surface area contributed by atoms with E-state index in [-0.39, 0.29) is 24.3 Å². The topological polar surface area (TPSA) is 107 Å². The molecule has 8 heteroatoms. The molecule has 2 unspecified atom stereocenters. The van der Waals surface area contributed by atoms with Crippen molar-refractivity contribution in [2.24, 2.45) is 5.16 Å². The maximum atomic E-state index is 11.7. The normalized spacial score (nSPS) is 25.5. The van der Waals surface area contributed by atoms with Crippen molar-refractivity contribution in [2.75, 3.05) is 0 Å². The molecule has 8 nitrogen and oxygen atoms in total. The monoisotopic (exact) mass is 281 g/mol. The number of rotatable bonds is 3. The minimum absolute atomic E-state index is 0.0292. The molecule has 0 spiro atoms. The van der Waals surface area contributed by atoms with Crippen molar-refractivity contribution in [3.05, 3.63) is 16.4 Å². The van der Waals surface area contributed by atoms with Gasteiger partial charge in [0.15, 0.2) is 11.5 Å². The zero-order chi connectivity index (χ0) is 14.1. The van der Waals surface area contributed by atoms with E-state index in [4.69, 9.17) is 14.5 Å². The van der Waals surface area contributed by atoms with Gasteiger partial charge in [0, 0.05) is 25.3 Å². The van der Waals surface area contributed by atoms with Crippen molar-refractivity contribution in [3.8, 4) is 0 Å². The molecule has 0 saturated heterocycles. The third-order valence-corrected chi connectivity index (χ3v) is 3.77. The first-order valence-corrected chi connectivity index (χ1v) is 6.68. The van der Waals surface area contributed by atoms with Crippen molar-refractivity contribution in [3.63, 3.8) is 0 Å². The highest BCUT2D eigenvalue weighted by Gasteiger charge is 2.31. The molecular formula is C12H15N3O5. The molecule has 108 valence electrons. The van der Waals surface area contributed by atoms with Gasteiger partial charge in [-0.1, -0.05) is 16.7 Å². The van der Waals surface area contributed by atoms with Crippen LogP contribution in [0.15, 0.2) is 14.5 Å². The number of carbonyl (C=O) groups is 1. The van der Waals surface area contributed by atoms with Gasteiger partial charge in [-0.25, -0.2) is 9.59 Å². The lowest BCUT2D eigenvalue weighted by Crippen LogP contribution is -2.26. The van der Waals surface area contributed by atoms with Crippen LogP contribution in [0.2, 0.25) is 0 Å². The molecule has 0 fully saturated rings. The predicted molar refractivity (Wildman–Crippen MR) is 66.5 cm³/mol. The van der Waals surface area contributed by atoms with Crippen molar-refractivity contribution in [2.45, 2.75) is 50.7 Å². The molecule has 2 aliphatic heterocycles. The fraction of sp³-hybridized carbons (Fsp3) is 0.667. The lowest BCUT2D eigenvalue weighted by atomic mass is 10.0. The summed E-state index contributed by atoms with van der Waals surface area (Å²) in [5, 5.41) is 16.2. The number of nitrogens with zero attached hydrogens (tertiary/aromatic N) is 3. The lowest BCUT2D eigenvalue weighted by molar-refractivity contribution is -0.129. The van der Waals surface area contributed by atoms with Gasteiger partial charge >= 0.3 is 11.7 Å².